The van der Waals surface area contributed by atoms with Crippen molar-refractivity contribution in [1.29, 1.82) is 0 Å². The van der Waals surface area contributed by atoms with Gasteiger partial charge in [-0.05, 0) is 51.4 Å². The standard InChI is InChI=1S/C12H24N2S/c1-14(7-8-15-2)12-6-3-10(12)9-13-11-4-5-11/h10-13H,3-9H2,1-2H3. The van der Waals surface area contributed by atoms with E-state index in [1.54, 1.807) is 0 Å². The van der Waals surface area contributed by atoms with Crippen LogP contribution in [0.1, 0.15) is 25.7 Å². The van der Waals surface area contributed by atoms with Crippen LogP contribution in [-0.2, 0) is 0 Å². The second-order valence-corrected chi connectivity index (χ2v) is 6.05. The van der Waals surface area contributed by atoms with Crippen LogP contribution in [0.4, 0.5) is 0 Å². The van der Waals surface area contributed by atoms with Gasteiger partial charge in [-0.25, -0.2) is 0 Å². The van der Waals surface area contributed by atoms with Crippen molar-refractivity contribution in [2.75, 3.05) is 32.1 Å². The summed E-state index contributed by atoms with van der Waals surface area (Å²) in [4.78, 5) is 2.57. The molecule has 0 aromatic carbocycles. The smallest absolute Gasteiger partial charge is 0.0133 e. The summed E-state index contributed by atoms with van der Waals surface area (Å²) in [5.41, 5.74) is 0. The molecule has 0 spiro atoms. The van der Waals surface area contributed by atoms with E-state index >= 15 is 0 Å². The zero-order valence-electron chi connectivity index (χ0n) is 10.0. The summed E-state index contributed by atoms with van der Waals surface area (Å²) in [7, 11) is 2.30. The van der Waals surface area contributed by atoms with E-state index < -0.39 is 0 Å². The first-order valence-electron chi connectivity index (χ1n) is 6.24. The van der Waals surface area contributed by atoms with Crippen molar-refractivity contribution >= 4 is 11.8 Å². The molecule has 0 saturated heterocycles. The zero-order chi connectivity index (χ0) is 10.7. The Morgan fingerprint density at radius 2 is 2.07 bits per heavy atom. The van der Waals surface area contributed by atoms with E-state index in [-0.39, 0.29) is 0 Å². The summed E-state index contributed by atoms with van der Waals surface area (Å²) in [6.45, 7) is 2.52. The average Bonchev–Trinajstić information content (AvgIpc) is 2.97. The quantitative estimate of drug-likeness (QED) is 0.715. The van der Waals surface area contributed by atoms with Crippen LogP contribution in [-0.4, -0.2) is 49.1 Å². The molecule has 0 heterocycles. The molecule has 0 aliphatic heterocycles. The van der Waals surface area contributed by atoms with Gasteiger partial charge < -0.3 is 10.2 Å². The van der Waals surface area contributed by atoms with Crippen molar-refractivity contribution in [3.63, 3.8) is 0 Å². The molecule has 0 radical (unpaired) electrons. The SMILES string of the molecule is CSCCN(C)C1CCC1CNC1CC1. The van der Waals surface area contributed by atoms with E-state index in [4.69, 9.17) is 0 Å². The van der Waals surface area contributed by atoms with Gasteiger partial charge in [0.25, 0.3) is 0 Å². The molecule has 2 aliphatic carbocycles. The second-order valence-electron chi connectivity index (χ2n) is 5.06. The first-order valence-corrected chi connectivity index (χ1v) is 7.63. The van der Waals surface area contributed by atoms with Gasteiger partial charge in [0.1, 0.15) is 0 Å². The van der Waals surface area contributed by atoms with Crippen molar-refractivity contribution < 1.29 is 0 Å². The highest BCUT2D eigenvalue weighted by atomic mass is 32.2. The first-order chi connectivity index (χ1) is 7.31. The van der Waals surface area contributed by atoms with Crippen LogP contribution in [0.25, 0.3) is 0 Å². The van der Waals surface area contributed by atoms with Crippen LogP contribution in [0.3, 0.4) is 0 Å². The molecule has 2 saturated carbocycles. The first kappa shape index (κ1) is 11.7. The molecule has 0 aromatic heterocycles. The Bertz CT molecular complexity index is 194. The molecular weight excluding hydrogens is 204 g/mol. The maximum absolute atomic E-state index is 3.67. The van der Waals surface area contributed by atoms with Crippen molar-refractivity contribution in [1.82, 2.24) is 10.2 Å². The minimum absolute atomic E-state index is 0.864. The van der Waals surface area contributed by atoms with Crippen LogP contribution in [0.5, 0.6) is 0 Å². The van der Waals surface area contributed by atoms with Crippen molar-refractivity contribution in [3.05, 3.63) is 0 Å². The van der Waals surface area contributed by atoms with Crippen LogP contribution in [0, 0.1) is 5.92 Å². The Balaban J connectivity index is 1.63. The van der Waals surface area contributed by atoms with Crippen molar-refractivity contribution in [2.45, 2.75) is 37.8 Å². The van der Waals surface area contributed by atoms with Crippen LogP contribution in [0.2, 0.25) is 0 Å². The highest BCUT2D eigenvalue weighted by molar-refractivity contribution is 7.98. The minimum Gasteiger partial charge on any atom is -0.314 e. The van der Waals surface area contributed by atoms with Gasteiger partial charge in [-0.15, -0.1) is 0 Å². The van der Waals surface area contributed by atoms with E-state index in [9.17, 15) is 0 Å². The lowest BCUT2D eigenvalue weighted by Crippen LogP contribution is -2.49. The summed E-state index contributed by atoms with van der Waals surface area (Å²) < 4.78 is 0. The Hall–Kier alpha value is 0.270. The van der Waals surface area contributed by atoms with Gasteiger partial charge in [0.05, 0.1) is 0 Å². The summed E-state index contributed by atoms with van der Waals surface area (Å²) in [6, 6.07) is 1.74. The molecule has 2 rings (SSSR count). The molecule has 3 heteroatoms. The van der Waals surface area contributed by atoms with Gasteiger partial charge in [-0.2, -0.15) is 11.8 Å². The molecule has 15 heavy (non-hydrogen) atoms. The maximum atomic E-state index is 3.67. The Morgan fingerprint density at radius 3 is 2.60 bits per heavy atom. The normalized spacial score (nSPS) is 30.6. The lowest BCUT2D eigenvalue weighted by atomic mass is 9.78. The van der Waals surface area contributed by atoms with E-state index in [0.717, 1.165) is 18.0 Å². The fourth-order valence-electron chi connectivity index (χ4n) is 2.38. The molecule has 0 aromatic rings. The van der Waals surface area contributed by atoms with Crippen LogP contribution >= 0.6 is 11.8 Å². The number of hydrogen-bond donors (Lipinski definition) is 1. The van der Waals surface area contributed by atoms with E-state index in [0.29, 0.717) is 0 Å². The molecule has 0 amide bonds. The van der Waals surface area contributed by atoms with Gasteiger partial charge in [0.15, 0.2) is 0 Å². The lowest BCUT2D eigenvalue weighted by molar-refractivity contribution is 0.0890. The molecule has 2 unspecified atom stereocenters. The minimum atomic E-state index is 0.864. The molecule has 0 bridgehead atoms. The highest BCUT2D eigenvalue weighted by Gasteiger charge is 2.34. The Kier molecular flexibility index (Phi) is 4.35. The Morgan fingerprint density at radius 1 is 1.27 bits per heavy atom. The molecule has 2 aliphatic rings. The third-order valence-corrected chi connectivity index (χ3v) is 4.43. The predicted molar refractivity (Wildman–Crippen MR) is 68.5 cm³/mol. The largest absolute Gasteiger partial charge is 0.314 e. The monoisotopic (exact) mass is 228 g/mol. The lowest BCUT2D eigenvalue weighted by Gasteiger charge is -2.43. The van der Waals surface area contributed by atoms with E-state index in [2.05, 4.69) is 23.5 Å². The number of nitrogens with zero attached hydrogens (tertiary/aromatic N) is 1. The zero-order valence-corrected chi connectivity index (χ0v) is 10.9. The third kappa shape index (κ3) is 3.36. The van der Waals surface area contributed by atoms with Crippen molar-refractivity contribution in [2.24, 2.45) is 5.92 Å². The molecule has 2 fully saturated rings. The number of thioether (sulfide) groups is 1. The maximum Gasteiger partial charge on any atom is 0.0133 e. The van der Waals surface area contributed by atoms with E-state index in [1.807, 2.05) is 11.8 Å². The molecule has 88 valence electrons. The molecule has 2 nitrogen and oxygen atoms in total. The molecular formula is C12H24N2S. The van der Waals surface area contributed by atoms with Crippen LogP contribution < -0.4 is 5.32 Å². The number of hydrogen-bond acceptors (Lipinski definition) is 3. The number of rotatable bonds is 7. The average molecular weight is 228 g/mol. The van der Waals surface area contributed by atoms with Crippen LogP contribution in [0.15, 0.2) is 0 Å². The fourth-order valence-corrected chi connectivity index (χ4v) is 2.85. The van der Waals surface area contributed by atoms with E-state index in [1.165, 1.54) is 44.5 Å². The van der Waals surface area contributed by atoms with Gasteiger partial charge in [0.2, 0.25) is 0 Å². The summed E-state index contributed by atoms with van der Waals surface area (Å²) in [5.74, 6) is 2.20. The summed E-state index contributed by atoms with van der Waals surface area (Å²) in [6.07, 6.45) is 7.88. The van der Waals surface area contributed by atoms with Gasteiger partial charge in [-0.3, -0.25) is 0 Å². The Labute approximate surface area is 98.2 Å². The number of nitrogens with one attached hydrogen (secondary N) is 1. The predicted octanol–water partition coefficient (Wildman–Crippen LogP) is 1.81. The summed E-state index contributed by atoms with van der Waals surface area (Å²) in [5, 5.41) is 3.67. The van der Waals surface area contributed by atoms with Gasteiger partial charge >= 0.3 is 0 Å². The second kappa shape index (κ2) is 5.55. The topological polar surface area (TPSA) is 15.3 Å². The van der Waals surface area contributed by atoms with Gasteiger partial charge in [-0.1, -0.05) is 0 Å². The molecule has 2 atom stereocenters. The fraction of sp³-hybridized carbons (Fsp3) is 1.00. The highest BCUT2D eigenvalue weighted by Crippen LogP contribution is 2.32. The van der Waals surface area contributed by atoms with Crippen molar-refractivity contribution in [3.8, 4) is 0 Å². The molecule has 1 N–H and O–H groups in total. The van der Waals surface area contributed by atoms with Gasteiger partial charge in [0, 0.05) is 24.4 Å². The third-order valence-electron chi connectivity index (χ3n) is 3.84. The summed E-state index contributed by atoms with van der Waals surface area (Å²) >= 11 is 1.95.